The Morgan fingerprint density at radius 2 is 2.04 bits per heavy atom. The number of amides is 2. The molecule has 0 atom stereocenters. The summed E-state index contributed by atoms with van der Waals surface area (Å²) >= 11 is 2.66. The van der Waals surface area contributed by atoms with Gasteiger partial charge in [-0.1, -0.05) is 0 Å². The van der Waals surface area contributed by atoms with Crippen LogP contribution in [0.3, 0.4) is 0 Å². The number of hydrogen-bond acceptors (Lipinski definition) is 6. The molecule has 2 aromatic rings. The van der Waals surface area contributed by atoms with E-state index >= 15 is 0 Å². The first-order valence-electron chi connectivity index (χ1n) is 7.81. The van der Waals surface area contributed by atoms with Gasteiger partial charge in [0.05, 0.1) is 17.0 Å². The zero-order valence-corrected chi connectivity index (χ0v) is 15.9. The summed E-state index contributed by atoms with van der Waals surface area (Å²) in [5.74, 6) is -1.05. The van der Waals surface area contributed by atoms with E-state index in [1.165, 1.54) is 7.05 Å². The van der Waals surface area contributed by atoms with Gasteiger partial charge in [0.15, 0.2) is 0 Å². The maximum Gasteiger partial charge on any atom is 0.341 e. The number of carbonyl (C=O) groups is 3. The number of carbonyl (C=O) groups excluding carboxylic acids is 3. The quantitative estimate of drug-likeness (QED) is 0.722. The van der Waals surface area contributed by atoms with Crippen molar-refractivity contribution in [2.75, 3.05) is 19.0 Å². The van der Waals surface area contributed by atoms with Crippen LogP contribution < -0.4 is 10.6 Å². The van der Waals surface area contributed by atoms with Crippen molar-refractivity contribution in [3.63, 3.8) is 0 Å². The standard InChI is InChI=1S/C17H20N2O4S2/c1-4-23-17(22)13-10(2)14(15(21)18-3)25-16(13)19-12(20)6-5-11-7-8-24-9-11/h7-9H,4-6H2,1-3H3,(H,18,21)(H,19,20). The monoisotopic (exact) mass is 380 g/mol. The number of ether oxygens (including phenoxy) is 1. The normalized spacial score (nSPS) is 10.4. The molecule has 0 aromatic carbocycles. The molecule has 0 radical (unpaired) electrons. The molecule has 2 N–H and O–H groups in total. The van der Waals surface area contributed by atoms with Gasteiger partial charge in [-0.3, -0.25) is 9.59 Å². The summed E-state index contributed by atoms with van der Waals surface area (Å²) in [4.78, 5) is 36.9. The fourth-order valence-corrected chi connectivity index (χ4v) is 4.12. The molecular formula is C17H20N2O4S2. The van der Waals surface area contributed by atoms with Crippen LogP contribution >= 0.6 is 22.7 Å². The van der Waals surface area contributed by atoms with Crippen LogP contribution in [0, 0.1) is 6.92 Å². The van der Waals surface area contributed by atoms with Gasteiger partial charge in [-0.15, -0.1) is 11.3 Å². The van der Waals surface area contributed by atoms with Crippen LogP contribution in [0.4, 0.5) is 5.00 Å². The Morgan fingerprint density at radius 1 is 1.28 bits per heavy atom. The van der Waals surface area contributed by atoms with Crippen LogP contribution in [0.1, 0.15) is 44.5 Å². The molecule has 0 saturated carbocycles. The second kappa shape index (κ2) is 8.77. The van der Waals surface area contributed by atoms with E-state index in [2.05, 4.69) is 10.6 Å². The maximum atomic E-state index is 12.2. The van der Waals surface area contributed by atoms with Gasteiger partial charge in [0.1, 0.15) is 5.00 Å². The lowest BCUT2D eigenvalue weighted by Crippen LogP contribution is -2.18. The number of aryl methyl sites for hydroxylation is 1. The van der Waals surface area contributed by atoms with E-state index in [0.29, 0.717) is 28.3 Å². The van der Waals surface area contributed by atoms with Crippen molar-refractivity contribution in [3.05, 3.63) is 38.4 Å². The summed E-state index contributed by atoms with van der Waals surface area (Å²) in [7, 11) is 1.52. The third-order valence-electron chi connectivity index (χ3n) is 3.53. The second-order valence-corrected chi connectivity index (χ2v) is 7.04. The van der Waals surface area contributed by atoms with Gasteiger partial charge in [-0.25, -0.2) is 4.79 Å². The van der Waals surface area contributed by atoms with Gasteiger partial charge in [-0.05, 0) is 48.2 Å². The van der Waals surface area contributed by atoms with Gasteiger partial charge < -0.3 is 15.4 Å². The summed E-state index contributed by atoms with van der Waals surface area (Å²) in [5, 5.41) is 9.60. The van der Waals surface area contributed by atoms with Crippen molar-refractivity contribution in [1.82, 2.24) is 5.32 Å². The van der Waals surface area contributed by atoms with Gasteiger partial charge in [0.2, 0.25) is 5.91 Å². The third-order valence-corrected chi connectivity index (χ3v) is 5.47. The first-order chi connectivity index (χ1) is 12.0. The highest BCUT2D eigenvalue weighted by molar-refractivity contribution is 7.18. The first-order valence-corrected chi connectivity index (χ1v) is 9.57. The van der Waals surface area contributed by atoms with Crippen LogP contribution in [-0.4, -0.2) is 31.4 Å². The number of esters is 1. The molecule has 0 aliphatic heterocycles. The first kappa shape index (κ1) is 19.1. The summed E-state index contributed by atoms with van der Waals surface area (Å²) in [6, 6.07) is 1.97. The Bertz CT molecular complexity index is 766. The van der Waals surface area contributed by atoms with Crippen LogP contribution in [0.25, 0.3) is 0 Å². The van der Waals surface area contributed by atoms with Crippen molar-refractivity contribution in [1.29, 1.82) is 0 Å². The number of nitrogens with one attached hydrogen (secondary N) is 2. The summed E-state index contributed by atoms with van der Waals surface area (Å²) < 4.78 is 5.06. The molecule has 6 nitrogen and oxygen atoms in total. The van der Waals surface area contributed by atoms with Gasteiger partial charge >= 0.3 is 5.97 Å². The SMILES string of the molecule is CCOC(=O)c1c(NC(=O)CCc2ccsc2)sc(C(=O)NC)c1C. The Hall–Kier alpha value is -2.19. The molecule has 2 aromatic heterocycles. The molecule has 2 rings (SSSR count). The molecule has 8 heteroatoms. The molecule has 0 fully saturated rings. The molecule has 134 valence electrons. The molecule has 0 unspecified atom stereocenters. The lowest BCUT2D eigenvalue weighted by Gasteiger charge is -2.07. The third kappa shape index (κ3) is 4.67. The average molecular weight is 380 g/mol. The second-order valence-electron chi connectivity index (χ2n) is 5.24. The highest BCUT2D eigenvalue weighted by Crippen LogP contribution is 2.34. The molecule has 0 aliphatic carbocycles. The van der Waals surface area contributed by atoms with Crippen molar-refractivity contribution in [2.45, 2.75) is 26.7 Å². The van der Waals surface area contributed by atoms with Crippen molar-refractivity contribution < 1.29 is 19.1 Å². The Kier molecular flexibility index (Phi) is 6.72. The van der Waals surface area contributed by atoms with E-state index in [4.69, 9.17) is 4.74 Å². The highest BCUT2D eigenvalue weighted by Gasteiger charge is 2.26. The predicted octanol–water partition coefficient (Wildman–Crippen LogP) is 3.23. The molecule has 2 amide bonds. The minimum atomic E-state index is -0.542. The Labute approximate surface area is 154 Å². The van der Waals surface area contributed by atoms with E-state index < -0.39 is 5.97 Å². The molecule has 2 heterocycles. The summed E-state index contributed by atoms with van der Waals surface area (Å²) in [5.41, 5.74) is 1.85. The molecule has 0 bridgehead atoms. The van der Waals surface area contributed by atoms with E-state index in [-0.39, 0.29) is 24.0 Å². The minimum Gasteiger partial charge on any atom is -0.462 e. The van der Waals surface area contributed by atoms with Crippen LogP contribution in [0.5, 0.6) is 0 Å². The predicted molar refractivity (Wildman–Crippen MR) is 99.7 cm³/mol. The van der Waals surface area contributed by atoms with E-state index in [1.54, 1.807) is 25.2 Å². The van der Waals surface area contributed by atoms with E-state index in [1.807, 2.05) is 16.8 Å². The number of rotatable bonds is 7. The van der Waals surface area contributed by atoms with Gasteiger partial charge in [-0.2, -0.15) is 11.3 Å². The lowest BCUT2D eigenvalue weighted by molar-refractivity contribution is -0.116. The van der Waals surface area contributed by atoms with Gasteiger partial charge in [0, 0.05) is 13.5 Å². The topological polar surface area (TPSA) is 84.5 Å². The van der Waals surface area contributed by atoms with Crippen molar-refractivity contribution >= 4 is 45.5 Å². The minimum absolute atomic E-state index is 0.207. The highest BCUT2D eigenvalue weighted by atomic mass is 32.1. The zero-order chi connectivity index (χ0) is 18.4. The van der Waals surface area contributed by atoms with Crippen molar-refractivity contribution in [2.24, 2.45) is 0 Å². The van der Waals surface area contributed by atoms with Crippen molar-refractivity contribution in [3.8, 4) is 0 Å². The summed E-state index contributed by atoms with van der Waals surface area (Å²) in [6.45, 7) is 3.60. The molecule has 0 aliphatic rings. The van der Waals surface area contributed by atoms with Gasteiger partial charge in [0.25, 0.3) is 5.91 Å². The zero-order valence-electron chi connectivity index (χ0n) is 14.3. The molecule has 25 heavy (non-hydrogen) atoms. The molecule has 0 spiro atoms. The fourth-order valence-electron chi connectivity index (χ4n) is 2.26. The lowest BCUT2D eigenvalue weighted by atomic mass is 10.1. The van der Waals surface area contributed by atoms with E-state index in [0.717, 1.165) is 16.9 Å². The average Bonchev–Trinajstić information content (AvgIpc) is 3.20. The largest absolute Gasteiger partial charge is 0.462 e. The smallest absolute Gasteiger partial charge is 0.341 e. The summed E-state index contributed by atoms with van der Waals surface area (Å²) in [6.07, 6.45) is 0.919. The van der Waals surface area contributed by atoms with Crippen LogP contribution in [0.2, 0.25) is 0 Å². The van der Waals surface area contributed by atoms with Crippen LogP contribution in [0.15, 0.2) is 16.8 Å². The molecular weight excluding hydrogens is 360 g/mol. The number of anilines is 1. The number of thiophene rings is 2. The van der Waals surface area contributed by atoms with E-state index in [9.17, 15) is 14.4 Å². The maximum absolute atomic E-state index is 12.2. The Balaban J connectivity index is 2.20. The van der Waals surface area contributed by atoms with Crippen LogP contribution in [-0.2, 0) is 16.0 Å². The Morgan fingerprint density at radius 3 is 2.64 bits per heavy atom. The fraction of sp³-hybridized carbons (Fsp3) is 0.353. The molecule has 0 saturated heterocycles. The number of hydrogen-bond donors (Lipinski definition) is 2.